The number of hydrogen-bond acceptors (Lipinski definition) is 3. The summed E-state index contributed by atoms with van der Waals surface area (Å²) in [5, 5.41) is 14.1. The van der Waals surface area contributed by atoms with Gasteiger partial charge in [0.05, 0.1) is 4.92 Å². The normalized spacial score (nSPS) is 12.5. The first-order chi connectivity index (χ1) is 10.8. The maximum atomic E-state index is 12.3. The summed E-state index contributed by atoms with van der Waals surface area (Å²) in [6.07, 6.45) is 0. The predicted octanol–water partition coefficient (Wildman–Crippen LogP) is 4.22. The molecular formula is C15H11Cl3N2O3. The SMILES string of the molecule is O=C(NC(c1ccc(Cl)cc1)C(Cl)(Cl)[N+](=O)[O-])c1ccccc1. The molecular weight excluding hydrogens is 363 g/mol. The van der Waals surface area contributed by atoms with Crippen molar-refractivity contribution < 1.29 is 9.72 Å². The van der Waals surface area contributed by atoms with Crippen LogP contribution in [0.25, 0.3) is 0 Å². The first-order valence-electron chi connectivity index (χ1n) is 6.46. The van der Waals surface area contributed by atoms with Gasteiger partial charge in [0.1, 0.15) is 0 Å². The van der Waals surface area contributed by atoms with E-state index in [4.69, 9.17) is 34.8 Å². The standard InChI is InChI=1S/C15H11Cl3N2O3/c16-12-8-6-10(7-9-12)13(15(17,18)20(22)23)19-14(21)11-4-2-1-3-5-11/h1-9,13H,(H,19,21). The van der Waals surface area contributed by atoms with E-state index in [9.17, 15) is 14.9 Å². The van der Waals surface area contributed by atoms with Crippen molar-refractivity contribution in [2.45, 2.75) is 10.5 Å². The van der Waals surface area contributed by atoms with E-state index in [-0.39, 0.29) is 0 Å². The van der Waals surface area contributed by atoms with Gasteiger partial charge in [0.15, 0.2) is 6.04 Å². The number of nitrogens with zero attached hydrogens (tertiary/aromatic N) is 1. The Balaban J connectivity index is 2.36. The van der Waals surface area contributed by atoms with Crippen molar-refractivity contribution in [2.75, 3.05) is 0 Å². The molecule has 120 valence electrons. The Bertz CT molecular complexity index is 706. The molecule has 5 nitrogen and oxygen atoms in total. The van der Waals surface area contributed by atoms with Gasteiger partial charge in [-0.2, -0.15) is 0 Å². The Morgan fingerprint density at radius 1 is 1.09 bits per heavy atom. The highest BCUT2D eigenvalue weighted by Gasteiger charge is 2.49. The topological polar surface area (TPSA) is 72.2 Å². The van der Waals surface area contributed by atoms with E-state index in [1.54, 1.807) is 30.3 Å². The van der Waals surface area contributed by atoms with Crippen molar-refractivity contribution in [3.63, 3.8) is 0 Å². The van der Waals surface area contributed by atoms with Gasteiger partial charge in [-0.3, -0.25) is 14.9 Å². The molecule has 0 bridgehead atoms. The number of carbonyl (C=O) groups excluding carboxylic acids is 1. The van der Waals surface area contributed by atoms with Gasteiger partial charge >= 0.3 is 4.46 Å². The molecule has 0 heterocycles. The van der Waals surface area contributed by atoms with E-state index >= 15 is 0 Å². The molecule has 0 aromatic heterocycles. The van der Waals surface area contributed by atoms with Gasteiger partial charge < -0.3 is 5.32 Å². The second kappa shape index (κ2) is 7.17. The molecule has 0 radical (unpaired) electrons. The fourth-order valence-corrected chi connectivity index (χ4v) is 2.42. The molecule has 2 aromatic rings. The first kappa shape index (κ1) is 17.5. The Kier molecular flexibility index (Phi) is 5.46. The molecule has 2 rings (SSSR count). The molecule has 1 amide bonds. The van der Waals surface area contributed by atoms with Crippen molar-refractivity contribution in [3.05, 3.63) is 80.9 Å². The molecule has 0 saturated heterocycles. The lowest BCUT2D eigenvalue weighted by Gasteiger charge is -2.24. The van der Waals surface area contributed by atoms with Gasteiger partial charge in [0, 0.05) is 10.6 Å². The largest absolute Gasteiger partial charge is 0.394 e. The number of nitrogens with one attached hydrogen (secondary N) is 1. The molecule has 23 heavy (non-hydrogen) atoms. The van der Waals surface area contributed by atoms with Crippen molar-refractivity contribution in [3.8, 4) is 0 Å². The monoisotopic (exact) mass is 372 g/mol. The summed E-state index contributed by atoms with van der Waals surface area (Å²) in [6.45, 7) is 0. The van der Waals surface area contributed by atoms with Crippen LogP contribution in [0.2, 0.25) is 5.02 Å². The molecule has 0 spiro atoms. The highest BCUT2D eigenvalue weighted by Crippen LogP contribution is 2.37. The quantitative estimate of drug-likeness (QED) is 0.369. The molecule has 0 aliphatic rings. The summed E-state index contributed by atoms with van der Waals surface area (Å²) < 4.78 is -2.43. The number of amides is 1. The third kappa shape index (κ3) is 4.13. The average molecular weight is 374 g/mol. The van der Waals surface area contributed by atoms with E-state index in [1.165, 1.54) is 24.3 Å². The smallest absolute Gasteiger partial charge is 0.336 e. The minimum absolute atomic E-state index is 0.332. The van der Waals surface area contributed by atoms with Crippen molar-refractivity contribution in [2.24, 2.45) is 0 Å². The number of hydrogen-bond donors (Lipinski definition) is 1. The van der Waals surface area contributed by atoms with Crippen LogP contribution in [0.1, 0.15) is 22.0 Å². The molecule has 0 aliphatic carbocycles. The van der Waals surface area contributed by atoms with Crippen molar-refractivity contribution in [1.82, 2.24) is 5.32 Å². The summed E-state index contributed by atoms with van der Waals surface area (Å²) >= 11 is 17.5. The first-order valence-corrected chi connectivity index (χ1v) is 7.59. The predicted molar refractivity (Wildman–Crippen MR) is 89.5 cm³/mol. The minimum Gasteiger partial charge on any atom is -0.336 e. The molecule has 1 atom stereocenters. The maximum Gasteiger partial charge on any atom is 0.394 e. The Labute approximate surface area is 147 Å². The fraction of sp³-hybridized carbons (Fsp3) is 0.133. The average Bonchev–Trinajstić information content (AvgIpc) is 2.54. The Hall–Kier alpha value is -1.82. The van der Waals surface area contributed by atoms with E-state index < -0.39 is 21.3 Å². The lowest BCUT2D eigenvalue weighted by atomic mass is 10.1. The zero-order valence-electron chi connectivity index (χ0n) is 11.6. The van der Waals surface area contributed by atoms with Crippen LogP contribution in [-0.4, -0.2) is 15.3 Å². The minimum atomic E-state index is -2.43. The number of alkyl halides is 2. The van der Waals surface area contributed by atoms with Gasteiger partial charge in [-0.25, -0.2) is 0 Å². The van der Waals surface area contributed by atoms with Gasteiger partial charge in [0.2, 0.25) is 0 Å². The molecule has 8 heteroatoms. The zero-order valence-corrected chi connectivity index (χ0v) is 13.8. The molecule has 1 unspecified atom stereocenters. The molecule has 2 aromatic carbocycles. The van der Waals surface area contributed by atoms with E-state index in [0.717, 1.165) is 0 Å². The highest BCUT2D eigenvalue weighted by molar-refractivity contribution is 6.47. The van der Waals surface area contributed by atoms with Crippen LogP contribution in [0, 0.1) is 10.1 Å². The van der Waals surface area contributed by atoms with Crippen LogP contribution < -0.4 is 5.32 Å². The lowest BCUT2D eigenvalue weighted by molar-refractivity contribution is -0.521. The van der Waals surface area contributed by atoms with E-state index in [0.29, 0.717) is 16.1 Å². The highest BCUT2D eigenvalue weighted by atomic mass is 35.5. The Morgan fingerprint density at radius 3 is 2.17 bits per heavy atom. The number of nitro groups is 1. The second-order valence-corrected chi connectivity index (χ2v) is 6.45. The van der Waals surface area contributed by atoms with Gasteiger partial charge in [0.25, 0.3) is 5.91 Å². The van der Waals surface area contributed by atoms with Crippen LogP contribution in [0.4, 0.5) is 0 Å². The van der Waals surface area contributed by atoms with Crippen LogP contribution in [0.15, 0.2) is 54.6 Å². The second-order valence-electron chi connectivity index (χ2n) is 4.67. The summed E-state index contributed by atoms with van der Waals surface area (Å²) in [7, 11) is 0. The van der Waals surface area contributed by atoms with E-state index in [1.807, 2.05) is 0 Å². The van der Waals surface area contributed by atoms with Crippen LogP contribution in [0.5, 0.6) is 0 Å². The summed E-state index contributed by atoms with van der Waals surface area (Å²) in [5.41, 5.74) is 0.694. The third-order valence-corrected chi connectivity index (χ3v) is 4.07. The fourth-order valence-electron chi connectivity index (χ4n) is 1.94. The third-order valence-electron chi connectivity index (χ3n) is 3.11. The summed E-state index contributed by atoms with van der Waals surface area (Å²) in [4.78, 5) is 22.6. The molecule has 0 aliphatic heterocycles. The van der Waals surface area contributed by atoms with Crippen molar-refractivity contribution in [1.29, 1.82) is 0 Å². The Morgan fingerprint density at radius 2 is 1.65 bits per heavy atom. The van der Waals surface area contributed by atoms with E-state index in [2.05, 4.69) is 5.32 Å². The number of carbonyl (C=O) groups is 1. The van der Waals surface area contributed by atoms with Gasteiger partial charge in [-0.05, 0) is 53.0 Å². The van der Waals surface area contributed by atoms with Crippen LogP contribution >= 0.6 is 34.8 Å². The van der Waals surface area contributed by atoms with Crippen LogP contribution in [0.3, 0.4) is 0 Å². The molecule has 0 fully saturated rings. The number of benzene rings is 2. The number of halogens is 3. The van der Waals surface area contributed by atoms with Gasteiger partial charge in [-0.15, -0.1) is 0 Å². The zero-order chi connectivity index (χ0) is 17.0. The number of rotatable bonds is 5. The maximum absolute atomic E-state index is 12.3. The van der Waals surface area contributed by atoms with Crippen LogP contribution in [-0.2, 0) is 0 Å². The lowest BCUT2D eigenvalue weighted by Crippen LogP contribution is -2.43. The van der Waals surface area contributed by atoms with Gasteiger partial charge in [-0.1, -0.05) is 41.9 Å². The molecule has 0 saturated carbocycles. The summed E-state index contributed by atoms with van der Waals surface area (Å²) in [6, 6.07) is 13.1. The molecule has 1 N–H and O–H groups in total. The summed E-state index contributed by atoms with van der Waals surface area (Å²) in [5.74, 6) is -0.530. The van der Waals surface area contributed by atoms with Crippen molar-refractivity contribution >= 4 is 40.7 Å².